The molecule has 0 radical (unpaired) electrons. The Bertz CT molecular complexity index is 881. The second-order valence-electron chi connectivity index (χ2n) is 5.67. The maximum Gasteiger partial charge on any atom is 0.346 e. The lowest BCUT2D eigenvalue weighted by atomic mass is 10.0. The van der Waals surface area contributed by atoms with Gasteiger partial charge in [0.1, 0.15) is 0 Å². The molecule has 8 heteroatoms. The van der Waals surface area contributed by atoms with Crippen molar-refractivity contribution in [2.75, 3.05) is 19.8 Å². The van der Waals surface area contributed by atoms with Crippen molar-refractivity contribution in [3.8, 4) is 0 Å². The van der Waals surface area contributed by atoms with E-state index in [0.29, 0.717) is 16.8 Å². The minimum atomic E-state index is -0.562. The summed E-state index contributed by atoms with van der Waals surface area (Å²) >= 11 is 6.53. The second-order valence-corrected chi connectivity index (χ2v) is 7.50. The van der Waals surface area contributed by atoms with Gasteiger partial charge in [-0.05, 0) is 35.9 Å². The number of nitrogens with two attached hydrogens (primary N) is 1. The highest BCUT2D eigenvalue weighted by atomic mass is 79.9. The van der Waals surface area contributed by atoms with Crippen molar-refractivity contribution in [3.05, 3.63) is 62.0 Å². The number of carbonyl (C=O) groups is 3. The van der Waals surface area contributed by atoms with Crippen LogP contribution in [0.15, 0.2) is 45.3 Å². The molecule has 0 bridgehead atoms. The molecule has 0 aliphatic carbocycles. The first-order chi connectivity index (χ1) is 12.2. The summed E-state index contributed by atoms with van der Waals surface area (Å²) in [6.07, 6.45) is 0.175. The number of halogens is 2. The number of nitrogen functional groups attached to an aromatic ring is 1. The summed E-state index contributed by atoms with van der Waals surface area (Å²) in [5, 5.41) is 0. The molecule has 0 spiro atoms. The summed E-state index contributed by atoms with van der Waals surface area (Å²) in [5.41, 5.74) is 7.88. The molecule has 136 valence electrons. The van der Waals surface area contributed by atoms with E-state index in [9.17, 15) is 14.4 Å². The van der Waals surface area contributed by atoms with Crippen molar-refractivity contribution in [1.29, 1.82) is 0 Å². The Morgan fingerprint density at radius 2 is 1.69 bits per heavy atom. The fourth-order valence-corrected chi connectivity index (χ4v) is 2.92. The van der Waals surface area contributed by atoms with Crippen molar-refractivity contribution in [3.63, 3.8) is 0 Å². The van der Waals surface area contributed by atoms with Crippen LogP contribution in [0.1, 0.15) is 26.3 Å². The Morgan fingerprint density at radius 3 is 2.35 bits per heavy atom. The van der Waals surface area contributed by atoms with Crippen molar-refractivity contribution in [1.82, 2.24) is 4.90 Å². The lowest BCUT2D eigenvalue weighted by Gasteiger charge is -2.13. The number of anilines is 1. The van der Waals surface area contributed by atoms with Gasteiger partial charge in [-0.25, -0.2) is 4.79 Å². The number of esters is 2. The molecular weight excluding hydrogens is 468 g/mol. The number of amides is 1. The van der Waals surface area contributed by atoms with Gasteiger partial charge in [0.05, 0.1) is 17.5 Å². The van der Waals surface area contributed by atoms with Crippen LogP contribution in [0.5, 0.6) is 0 Å². The Balaban J connectivity index is 0.000000187. The number of hydrogen-bond acceptors (Lipinski definition) is 5. The van der Waals surface area contributed by atoms with E-state index in [4.69, 9.17) is 5.73 Å². The second kappa shape index (κ2) is 8.46. The highest BCUT2D eigenvalue weighted by molar-refractivity contribution is 9.10. The van der Waals surface area contributed by atoms with Crippen molar-refractivity contribution < 1.29 is 19.1 Å². The number of ether oxygens (including phenoxy) is 1. The molecular formula is C18H16Br2N2O4. The average Bonchev–Trinajstić information content (AvgIpc) is 2.57. The van der Waals surface area contributed by atoms with E-state index < -0.39 is 11.9 Å². The molecule has 3 rings (SSSR count). The van der Waals surface area contributed by atoms with E-state index in [1.165, 1.54) is 4.90 Å². The molecule has 0 saturated heterocycles. The zero-order chi connectivity index (χ0) is 19.4. The smallest absolute Gasteiger partial charge is 0.346 e. The minimum absolute atomic E-state index is 0.0844. The maximum absolute atomic E-state index is 11.5. The van der Waals surface area contributed by atoms with Gasteiger partial charge in [-0.2, -0.15) is 0 Å². The molecule has 0 unspecified atom stereocenters. The van der Waals surface area contributed by atoms with Gasteiger partial charge >= 0.3 is 11.9 Å². The summed E-state index contributed by atoms with van der Waals surface area (Å²) in [4.78, 5) is 35.1. The van der Waals surface area contributed by atoms with Crippen LogP contribution in [0.25, 0.3) is 0 Å². The Labute approximate surface area is 167 Å². The summed E-state index contributed by atoms with van der Waals surface area (Å²) in [5.74, 6) is -1.13. The topological polar surface area (TPSA) is 89.7 Å². The zero-order valence-corrected chi connectivity index (χ0v) is 17.3. The van der Waals surface area contributed by atoms with E-state index in [0.717, 1.165) is 14.5 Å². The molecule has 2 aromatic rings. The lowest BCUT2D eigenvalue weighted by molar-refractivity contribution is -0.137. The van der Waals surface area contributed by atoms with Crippen LogP contribution in [-0.2, 0) is 16.0 Å². The Morgan fingerprint density at radius 1 is 1.08 bits per heavy atom. The van der Waals surface area contributed by atoms with Gasteiger partial charge in [-0.3, -0.25) is 9.59 Å². The van der Waals surface area contributed by atoms with E-state index in [1.54, 1.807) is 44.4 Å². The van der Waals surface area contributed by atoms with Crippen LogP contribution in [0.3, 0.4) is 0 Å². The Kier molecular flexibility index (Phi) is 6.55. The third-order valence-corrected chi connectivity index (χ3v) is 4.47. The number of cyclic esters (lactones) is 2. The van der Waals surface area contributed by atoms with Crippen molar-refractivity contribution >= 4 is 55.4 Å². The summed E-state index contributed by atoms with van der Waals surface area (Å²) in [6.45, 7) is 0. The molecule has 2 aromatic carbocycles. The van der Waals surface area contributed by atoms with Gasteiger partial charge in [0.15, 0.2) is 0 Å². The monoisotopic (exact) mass is 482 g/mol. The molecule has 0 atom stereocenters. The molecule has 26 heavy (non-hydrogen) atoms. The minimum Gasteiger partial charge on any atom is -0.398 e. The van der Waals surface area contributed by atoms with Crippen molar-refractivity contribution in [2.24, 2.45) is 0 Å². The van der Waals surface area contributed by atoms with Crippen LogP contribution in [-0.4, -0.2) is 36.8 Å². The van der Waals surface area contributed by atoms with Crippen molar-refractivity contribution in [2.45, 2.75) is 6.42 Å². The summed E-state index contributed by atoms with van der Waals surface area (Å²) in [6, 6.07) is 10.4. The predicted molar refractivity (Wildman–Crippen MR) is 105 cm³/mol. The van der Waals surface area contributed by atoms with E-state index in [-0.39, 0.29) is 12.3 Å². The van der Waals surface area contributed by atoms with Gasteiger partial charge in [0.2, 0.25) is 0 Å². The third kappa shape index (κ3) is 4.92. The number of fused-ring (bicyclic) bond motifs is 1. The van der Waals surface area contributed by atoms with Crippen LogP contribution in [0, 0.1) is 0 Å². The normalized spacial score (nSPS) is 12.5. The highest BCUT2D eigenvalue weighted by Gasteiger charge is 2.24. The molecule has 1 heterocycles. The first-order valence-electron chi connectivity index (χ1n) is 7.49. The molecule has 1 aliphatic heterocycles. The molecule has 1 aliphatic rings. The molecule has 6 nitrogen and oxygen atoms in total. The first kappa shape index (κ1) is 20.1. The Hall–Kier alpha value is -2.19. The average molecular weight is 484 g/mol. The fraction of sp³-hybridized carbons (Fsp3) is 0.167. The van der Waals surface area contributed by atoms with E-state index >= 15 is 0 Å². The summed E-state index contributed by atoms with van der Waals surface area (Å²) in [7, 11) is 3.39. The van der Waals surface area contributed by atoms with Crippen LogP contribution in [0.4, 0.5) is 5.69 Å². The van der Waals surface area contributed by atoms with Crippen LogP contribution in [0.2, 0.25) is 0 Å². The van der Waals surface area contributed by atoms with Gasteiger partial charge in [0.25, 0.3) is 5.91 Å². The van der Waals surface area contributed by atoms with Gasteiger partial charge in [-0.15, -0.1) is 0 Å². The fourth-order valence-electron chi connectivity index (χ4n) is 2.20. The molecule has 2 N–H and O–H groups in total. The number of nitrogens with zero attached hydrogens (tertiary/aromatic N) is 1. The number of carbonyl (C=O) groups excluding carboxylic acids is 3. The van der Waals surface area contributed by atoms with E-state index in [1.807, 2.05) is 6.07 Å². The highest BCUT2D eigenvalue weighted by Crippen LogP contribution is 2.22. The van der Waals surface area contributed by atoms with Gasteiger partial charge in [0, 0.05) is 28.7 Å². The van der Waals surface area contributed by atoms with Crippen LogP contribution < -0.4 is 5.73 Å². The SMILES string of the molecule is CN(C)C(=O)c1cc(Br)ccc1N.O=C1Cc2ccc(Br)cc2C(=O)O1. The van der Waals surface area contributed by atoms with Gasteiger partial charge < -0.3 is 15.4 Å². The maximum atomic E-state index is 11.5. The van der Waals surface area contributed by atoms with Gasteiger partial charge in [-0.1, -0.05) is 37.9 Å². The number of hydrogen-bond donors (Lipinski definition) is 1. The molecule has 0 fully saturated rings. The quantitative estimate of drug-likeness (QED) is 0.381. The molecule has 0 aromatic heterocycles. The predicted octanol–water partition coefficient (Wildman–Crippen LogP) is 3.42. The summed E-state index contributed by atoms with van der Waals surface area (Å²) < 4.78 is 6.13. The van der Waals surface area contributed by atoms with E-state index in [2.05, 4.69) is 36.6 Å². The molecule has 0 saturated carbocycles. The first-order valence-corrected chi connectivity index (χ1v) is 9.07. The zero-order valence-electron chi connectivity index (χ0n) is 14.1. The standard InChI is InChI=1S/C9H11BrN2O.C9H5BrO3/c1-12(2)9(13)7-5-6(10)3-4-8(7)11;10-6-2-1-5-3-8(11)13-9(12)7(5)4-6/h3-5H,11H2,1-2H3;1-2,4H,3H2. The number of rotatable bonds is 1. The number of benzene rings is 2. The lowest BCUT2D eigenvalue weighted by Crippen LogP contribution is -2.22. The third-order valence-electron chi connectivity index (χ3n) is 3.49. The largest absolute Gasteiger partial charge is 0.398 e. The van der Waals surface area contributed by atoms with Crippen LogP contribution >= 0.6 is 31.9 Å². The molecule has 1 amide bonds.